The lowest BCUT2D eigenvalue weighted by molar-refractivity contribution is -0.120. The molecule has 0 aliphatic carbocycles. The third-order valence-corrected chi connectivity index (χ3v) is 3.97. The number of aryl methyl sites for hydroxylation is 1. The molecule has 5 heteroatoms. The lowest BCUT2D eigenvalue weighted by Crippen LogP contribution is -2.29. The zero-order chi connectivity index (χ0) is 14.8. The quantitative estimate of drug-likeness (QED) is 0.939. The predicted octanol–water partition coefficient (Wildman–Crippen LogP) is 2.15. The van der Waals surface area contributed by atoms with Crippen LogP contribution in [0.2, 0.25) is 0 Å². The normalized spacial score (nSPS) is 17.1. The standard InChI is InChI=1S/C16H20N4O/c1-19(2)14-5-3-4-13(9-14)18-16(21)12-6-7-20-11-17-10-15(20)8-12/h3-5,9-12H,6-8H2,1-2H3,(H,18,21). The number of imidazole rings is 1. The monoisotopic (exact) mass is 284 g/mol. The lowest BCUT2D eigenvalue weighted by Gasteiger charge is -2.23. The average molecular weight is 284 g/mol. The second kappa shape index (κ2) is 5.60. The van der Waals surface area contributed by atoms with E-state index in [9.17, 15) is 4.79 Å². The number of hydrogen-bond donors (Lipinski definition) is 1. The second-order valence-corrected chi connectivity index (χ2v) is 5.70. The van der Waals surface area contributed by atoms with E-state index in [1.807, 2.05) is 55.8 Å². The Kier molecular flexibility index (Phi) is 3.64. The first-order valence-corrected chi connectivity index (χ1v) is 7.21. The van der Waals surface area contributed by atoms with Gasteiger partial charge in [0.05, 0.1) is 6.33 Å². The van der Waals surface area contributed by atoms with Crippen molar-refractivity contribution >= 4 is 17.3 Å². The van der Waals surface area contributed by atoms with Gasteiger partial charge in [-0.15, -0.1) is 0 Å². The molecule has 0 saturated carbocycles. The minimum atomic E-state index is 0.0252. The maximum absolute atomic E-state index is 12.4. The van der Waals surface area contributed by atoms with Crippen molar-refractivity contribution in [3.8, 4) is 0 Å². The highest BCUT2D eigenvalue weighted by Crippen LogP contribution is 2.23. The summed E-state index contributed by atoms with van der Waals surface area (Å²) in [7, 11) is 3.98. The van der Waals surface area contributed by atoms with Crippen LogP contribution in [0.1, 0.15) is 12.1 Å². The molecule has 0 fully saturated rings. The van der Waals surface area contributed by atoms with Crippen molar-refractivity contribution in [1.82, 2.24) is 9.55 Å². The molecule has 0 bridgehead atoms. The SMILES string of the molecule is CN(C)c1cccc(NC(=O)C2CCn3cncc3C2)c1. The third kappa shape index (κ3) is 2.91. The number of amides is 1. The molecule has 5 nitrogen and oxygen atoms in total. The molecule has 1 unspecified atom stereocenters. The number of fused-ring (bicyclic) bond motifs is 1. The number of carbonyl (C=O) groups is 1. The van der Waals surface area contributed by atoms with E-state index in [4.69, 9.17) is 0 Å². The van der Waals surface area contributed by atoms with Crippen LogP contribution in [0.4, 0.5) is 11.4 Å². The first kappa shape index (κ1) is 13.7. The van der Waals surface area contributed by atoms with E-state index >= 15 is 0 Å². The Hall–Kier alpha value is -2.30. The molecule has 21 heavy (non-hydrogen) atoms. The van der Waals surface area contributed by atoms with E-state index in [1.54, 1.807) is 0 Å². The molecule has 1 aromatic carbocycles. The van der Waals surface area contributed by atoms with Crippen molar-refractivity contribution in [2.24, 2.45) is 5.92 Å². The molecule has 0 radical (unpaired) electrons. The summed E-state index contributed by atoms with van der Waals surface area (Å²) in [6.45, 7) is 0.866. The maximum Gasteiger partial charge on any atom is 0.227 e. The van der Waals surface area contributed by atoms with Gasteiger partial charge in [0, 0.05) is 56.2 Å². The van der Waals surface area contributed by atoms with E-state index in [2.05, 4.69) is 14.9 Å². The molecule has 0 spiro atoms. The maximum atomic E-state index is 12.4. The minimum Gasteiger partial charge on any atom is -0.378 e. The fraction of sp³-hybridized carbons (Fsp3) is 0.375. The van der Waals surface area contributed by atoms with Gasteiger partial charge in [-0.2, -0.15) is 0 Å². The summed E-state index contributed by atoms with van der Waals surface area (Å²) in [5, 5.41) is 3.03. The number of aromatic nitrogens is 2. The second-order valence-electron chi connectivity index (χ2n) is 5.70. The van der Waals surface area contributed by atoms with Crippen LogP contribution in [-0.2, 0) is 17.8 Å². The zero-order valence-electron chi connectivity index (χ0n) is 12.4. The van der Waals surface area contributed by atoms with Gasteiger partial charge >= 0.3 is 0 Å². The summed E-state index contributed by atoms with van der Waals surface area (Å²) in [5.41, 5.74) is 3.07. The van der Waals surface area contributed by atoms with Crippen LogP contribution in [0.5, 0.6) is 0 Å². The van der Waals surface area contributed by atoms with Gasteiger partial charge in [0.1, 0.15) is 0 Å². The summed E-state index contributed by atoms with van der Waals surface area (Å²) >= 11 is 0. The van der Waals surface area contributed by atoms with Gasteiger partial charge in [-0.3, -0.25) is 4.79 Å². The number of carbonyl (C=O) groups excluding carboxylic acids is 1. The molecule has 1 aliphatic heterocycles. The van der Waals surface area contributed by atoms with Gasteiger partial charge in [0.2, 0.25) is 5.91 Å². The summed E-state index contributed by atoms with van der Waals surface area (Å²) < 4.78 is 2.12. The van der Waals surface area contributed by atoms with E-state index in [0.717, 1.165) is 36.5 Å². The van der Waals surface area contributed by atoms with Gasteiger partial charge < -0.3 is 14.8 Å². The van der Waals surface area contributed by atoms with E-state index in [1.165, 1.54) is 0 Å². The van der Waals surface area contributed by atoms with Crippen molar-refractivity contribution in [2.75, 3.05) is 24.3 Å². The number of hydrogen-bond acceptors (Lipinski definition) is 3. The molecule has 1 N–H and O–H groups in total. The Balaban J connectivity index is 1.68. The Bertz CT molecular complexity index is 647. The van der Waals surface area contributed by atoms with Crippen molar-refractivity contribution in [1.29, 1.82) is 0 Å². The third-order valence-electron chi connectivity index (χ3n) is 3.97. The van der Waals surface area contributed by atoms with Gasteiger partial charge in [0.15, 0.2) is 0 Å². The number of anilines is 2. The largest absolute Gasteiger partial charge is 0.378 e. The van der Waals surface area contributed by atoms with Crippen LogP contribution in [0.25, 0.3) is 0 Å². The van der Waals surface area contributed by atoms with Crippen LogP contribution in [0, 0.1) is 5.92 Å². The van der Waals surface area contributed by atoms with Crippen molar-refractivity contribution < 1.29 is 4.79 Å². The molecule has 1 amide bonds. The summed E-state index contributed by atoms with van der Waals surface area (Å²) in [6.07, 6.45) is 5.32. The Morgan fingerprint density at radius 1 is 1.43 bits per heavy atom. The van der Waals surface area contributed by atoms with Crippen molar-refractivity contribution in [3.05, 3.63) is 42.5 Å². The molecule has 2 heterocycles. The number of rotatable bonds is 3. The lowest BCUT2D eigenvalue weighted by atomic mass is 9.95. The number of benzene rings is 1. The molecule has 3 rings (SSSR count). The average Bonchev–Trinajstić information content (AvgIpc) is 2.94. The predicted molar refractivity (Wildman–Crippen MR) is 83.4 cm³/mol. The summed E-state index contributed by atoms with van der Waals surface area (Å²) in [6, 6.07) is 7.90. The number of nitrogens with one attached hydrogen (secondary N) is 1. The van der Waals surface area contributed by atoms with Crippen molar-refractivity contribution in [3.63, 3.8) is 0 Å². The highest BCUT2D eigenvalue weighted by atomic mass is 16.1. The molecule has 2 aromatic rings. The minimum absolute atomic E-state index is 0.0252. The summed E-state index contributed by atoms with van der Waals surface area (Å²) in [4.78, 5) is 18.6. The van der Waals surface area contributed by atoms with Gasteiger partial charge in [-0.1, -0.05) is 6.07 Å². The summed E-state index contributed by atoms with van der Waals surface area (Å²) in [5.74, 6) is 0.121. The first-order chi connectivity index (χ1) is 10.1. The van der Waals surface area contributed by atoms with E-state index in [0.29, 0.717) is 0 Å². The van der Waals surface area contributed by atoms with Crippen LogP contribution < -0.4 is 10.2 Å². The van der Waals surface area contributed by atoms with Crippen LogP contribution >= 0.6 is 0 Å². The fourth-order valence-corrected chi connectivity index (χ4v) is 2.70. The fourth-order valence-electron chi connectivity index (χ4n) is 2.70. The smallest absolute Gasteiger partial charge is 0.227 e. The van der Waals surface area contributed by atoms with Crippen LogP contribution in [0.3, 0.4) is 0 Å². The Morgan fingerprint density at radius 3 is 3.10 bits per heavy atom. The molecule has 110 valence electrons. The van der Waals surface area contributed by atoms with Crippen LogP contribution in [-0.4, -0.2) is 29.6 Å². The van der Waals surface area contributed by atoms with Gasteiger partial charge in [-0.05, 0) is 24.6 Å². The zero-order valence-corrected chi connectivity index (χ0v) is 12.4. The molecular formula is C16H20N4O. The molecule has 1 aliphatic rings. The number of nitrogens with zero attached hydrogens (tertiary/aromatic N) is 3. The Labute approximate surface area is 124 Å². The van der Waals surface area contributed by atoms with Gasteiger partial charge in [-0.25, -0.2) is 4.98 Å². The molecule has 0 saturated heterocycles. The first-order valence-electron chi connectivity index (χ1n) is 7.21. The molecule has 1 aromatic heterocycles. The highest BCUT2D eigenvalue weighted by molar-refractivity contribution is 5.93. The van der Waals surface area contributed by atoms with E-state index < -0.39 is 0 Å². The molecular weight excluding hydrogens is 264 g/mol. The molecule has 1 atom stereocenters. The van der Waals surface area contributed by atoms with Crippen molar-refractivity contribution in [2.45, 2.75) is 19.4 Å². The van der Waals surface area contributed by atoms with Gasteiger partial charge in [0.25, 0.3) is 0 Å². The van der Waals surface area contributed by atoms with Crippen LogP contribution in [0.15, 0.2) is 36.8 Å². The highest BCUT2D eigenvalue weighted by Gasteiger charge is 2.24. The van der Waals surface area contributed by atoms with E-state index in [-0.39, 0.29) is 11.8 Å². The Morgan fingerprint density at radius 2 is 2.29 bits per heavy atom. The topological polar surface area (TPSA) is 50.2 Å².